The molecule has 1 unspecified atom stereocenters. The third-order valence-corrected chi connectivity index (χ3v) is 5.76. The molecule has 144 valence electrons. The van der Waals surface area contributed by atoms with E-state index in [1.165, 1.54) is 0 Å². The predicted octanol–water partition coefficient (Wildman–Crippen LogP) is 2.91. The number of fused-ring (bicyclic) bond motifs is 1. The minimum absolute atomic E-state index is 0.0184. The molecule has 0 aromatic heterocycles. The maximum atomic E-state index is 12.7. The van der Waals surface area contributed by atoms with Crippen molar-refractivity contribution in [1.82, 2.24) is 0 Å². The summed E-state index contributed by atoms with van der Waals surface area (Å²) in [6.45, 7) is 0. The van der Waals surface area contributed by atoms with Gasteiger partial charge in [-0.05, 0) is 25.0 Å². The average Bonchev–Trinajstić information content (AvgIpc) is 3.04. The summed E-state index contributed by atoms with van der Waals surface area (Å²) in [4.78, 5) is 21.8. The molecule has 0 bridgehead atoms. The van der Waals surface area contributed by atoms with Crippen LogP contribution in [0.2, 0.25) is 0 Å². The van der Waals surface area contributed by atoms with E-state index in [2.05, 4.69) is 4.99 Å². The quantitative estimate of drug-likeness (QED) is 0.482. The van der Waals surface area contributed by atoms with E-state index >= 15 is 0 Å². The van der Waals surface area contributed by atoms with Crippen molar-refractivity contribution in [3.8, 4) is 0 Å². The SMILES string of the molecule is N[N+]12C=CN=CC1=C(C1CC(O)C1)N=C2c1ccc(C(=O)c2ccccc2)cc1. The molecule has 1 aliphatic carbocycles. The van der Waals surface area contributed by atoms with Gasteiger partial charge in [0.15, 0.2) is 5.78 Å². The van der Waals surface area contributed by atoms with Crippen molar-refractivity contribution in [1.29, 1.82) is 0 Å². The Morgan fingerprint density at radius 2 is 1.72 bits per heavy atom. The Kier molecular flexibility index (Phi) is 4.13. The van der Waals surface area contributed by atoms with E-state index in [0.29, 0.717) is 29.8 Å². The second-order valence-electron chi connectivity index (χ2n) is 7.65. The van der Waals surface area contributed by atoms with E-state index in [-0.39, 0.29) is 22.4 Å². The van der Waals surface area contributed by atoms with E-state index in [0.717, 1.165) is 17.0 Å². The van der Waals surface area contributed by atoms with Gasteiger partial charge in [-0.1, -0.05) is 42.5 Å². The number of aliphatic hydroxyl groups is 1. The van der Waals surface area contributed by atoms with Crippen LogP contribution in [0.5, 0.6) is 0 Å². The molecular formula is C23H21N4O2+. The molecule has 0 radical (unpaired) electrons. The van der Waals surface area contributed by atoms with Crippen molar-refractivity contribution in [2.45, 2.75) is 18.9 Å². The fraction of sp³-hybridized carbons (Fsp3) is 0.174. The molecule has 2 aliphatic heterocycles. The Balaban J connectivity index is 1.48. The highest BCUT2D eigenvalue weighted by Gasteiger charge is 2.47. The summed E-state index contributed by atoms with van der Waals surface area (Å²) in [6, 6.07) is 16.6. The number of amidine groups is 1. The summed E-state index contributed by atoms with van der Waals surface area (Å²) in [5.74, 6) is 7.58. The van der Waals surface area contributed by atoms with Gasteiger partial charge in [-0.15, -0.1) is 4.59 Å². The largest absolute Gasteiger partial charge is 0.393 e. The van der Waals surface area contributed by atoms with Gasteiger partial charge in [0.1, 0.15) is 11.9 Å². The van der Waals surface area contributed by atoms with E-state index in [9.17, 15) is 9.90 Å². The summed E-state index contributed by atoms with van der Waals surface area (Å²) in [6.07, 6.45) is 6.34. The Labute approximate surface area is 168 Å². The first-order valence-electron chi connectivity index (χ1n) is 9.67. The van der Waals surface area contributed by atoms with Crippen LogP contribution in [0.4, 0.5) is 0 Å². The van der Waals surface area contributed by atoms with Gasteiger partial charge in [-0.25, -0.2) is 0 Å². The van der Waals surface area contributed by atoms with Gasteiger partial charge in [0.25, 0.3) is 5.84 Å². The molecule has 0 saturated heterocycles. The highest BCUT2D eigenvalue weighted by Crippen LogP contribution is 2.42. The number of allylic oxidation sites excluding steroid dienone is 2. The van der Waals surface area contributed by atoms with Crippen LogP contribution in [0, 0.1) is 5.92 Å². The molecule has 29 heavy (non-hydrogen) atoms. The zero-order valence-electron chi connectivity index (χ0n) is 15.8. The van der Waals surface area contributed by atoms with Crippen molar-refractivity contribution >= 4 is 17.8 Å². The maximum absolute atomic E-state index is 12.7. The Morgan fingerprint density at radius 1 is 1.03 bits per heavy atom. The fourth-order valence-corrected chi connectivity index (χ4v) is 4.04. The molecular weight excluding hydrogens is 364 g/mol. The number of ketones is 1. The van der Waals surface area contributed by atoms with Crippen LogP contribution in [0.3, 0.4) is 0 Å². The van der Waals surface area contributed by atoms with Crippen LogP contribution in [0.1, 0.15) is 34.3 Å². The lowest BCUT2D eigenvalue weighted by atomic mass is 9.79. The van der Waals surface area contributed by atoms with Gasteiger partial charge < -0.3 is 5.11 Å². The first kappa shape index (κ1) is 17.9. The van der Waals surface area contributed by atoms with Gasteiger partial charge in [-0.2, -0.15) is 10.8 Å². The number of rotatable bonds is 4. The Bertz CT molecular complexity index is 1090. The smallest absolute Gasteiger partial charge is 0.264 e. The number of benzene rings is 2. The third kappa shape index (κ3) is 2.89. The van der Waals surface area contributed by atoms with Crippen LogP contribution >= 0.6 is 0 Å². The summed E-state index contributed by atoms with van der Waals surface area (Å²) >= 11 is 0. The molecule has 1 saturated carbocycles. The van der Waals surface area contributed by atoms with Gasteiger partial charge in [0.2, 0.25) is 5.70 Å². The summed E-state index contributed by atoms with van der Waals surface area (Å²) in [5, 5.41) is 9.71. The first-order valence-corrected chi connectivity index (χ1v) is 9.67. The number of hydrogen-bond acceptors (Lipinski definition) is 5. The van der Waals surface area contributed by atoms with Crippen molar-refractivity contribution < 1.29 is 14.5 Å². The molecule has 2 aromatic rings. The minimum Gasteiger partial charge on any atom is -0.393 e. The normalized spacial score (nSPS) is 27.4. The topological polar surface area (TPSA) is 88.0 Å². The summed E-state index contributed by atoms with van der Waals surface area (Å²) < 4.78 is -0.0442. The molecule has 1 atom stereocenters. The van der Waals surface area contributed by atoms with E-state index < -0.39 is 0 Å². The monoisotopic (exact) mass is 385 g/mol. The van der Waals surface area contributed by atoms with E-state index in [1.54, 1.807) is 18.6 Å². The van der Waals surface area contributed by atoms with Crippen LogP contribution in [0.25, 0.3) is 0 Å². The van der Waals surface area contributed by atoms with Gasteiger partial charge >= 0.3 is 0 Å². The average molecular weight is 385 g/mol. The number of carbonyl (C=O) groups is 1. The lowest BCUT2D eigenvalue weighted by Crippen LogP contribution is -2.53. The van der Waals surface area contributed by atoms with E-state index in [4.69, 9.17) is 10.8 Å². The second-order valence-corrected chi connectivity index (χ2v) is 7.65. The van der Waals surface area contributed by atoms with Gasteiger partial charge in [0, 0.05) is 17.0 Å². The highest BCUT2D eigenvalue weighted by atomic mass is 16.3. The minimum atomic E-state index is -0.272. The van der Waals surface area contributed by atoms with Crippen molar-refractivity contribution in [2.24, 2.45) is 21.7 Å². The fourth-order valence-electron chi connectivity index (χ4n) is 4.04. The number of aliphatic imine (C=N–C) groups is 2. The lowest BCUT2D eigenvalue weighted by molar-refractivity contribution is -0.750. The molecule has 3 N–H and O–H groups in total. The molecule has 3 aliphatic rings. The molecule has 6 nitrogen and oxygen atoms in total. The molecule has 6 heteroatoms. The molecule has 2 aromatic carbocycles. The Hall–Kier alpha value is -3.19. The number of nitrogens with two attached hydrogens (primary N) is 1. The number of aliphatic hydroxyl groups excluding tert-OH is 1. The van der Waals surface area contributed by atoms with Gasteiger partial charge in [0.05, 0.1) is 24.1 Å². The standard InChI is InChI=1S/C23H21N4O2/c24-27-11-10-25-14-20(27)21(18-12-19(28)13-18)26-23(27)17-8-6-16(7-9-17)22(29)15-4-2-1-3-5-15/h1-11,14,18-19,28H,12-13,24H2/q+1. The summed E-state index contributed by atoms with van der Waals surface area (Å²) in [7, 11) is 0. The maximum Gasteiger partial charge on any atom is 0.264 e. The number of carbonyl (C=O) groups excluding carboxylic acids is 1. The predicted molar refractivity (Wildman–Crippen MR) is 111 cm³/mol. The molecule has 0 spiro atoms. The molecule has 1 fully saturated rings. The number of nitrogens with zero attached hydrogens (tertiary/aromatic N) is 3. The lowest BCUT2D eigenvalue weighted by Gasteiger charge is -2.31. The summed E-state index contributed by atoms with van der Waals surface area (Å²) in [5.41, 5.74) is 3.86. The highest BCUT2D eigenvalue weighted by molar-refractivity contribution is 6.09. The molecule has 5 rings (SSSR count). The second kappa shape index (κ2) is 6.70. The van der Waals surface area contributed by atoms with Crippen molar-refractivity contribution in [2.75, 3.05) is 0 Å². The third-order valence-electron chi connectivity index (χ3n) is 5.76. The zero-order valence-corrected chi connectivity index (χ0v) is 15.8. The van der Waals surface area contributed by atoms with E-state index in [1.807, 2.05) is 54.6 Å². The zero-order chi connectivity index (χ0) is 20.0. The first-order chi connectivity index (χ1) is 14.1. The van der Waals surface area contributed by atoms with Crippen LogP contribution < -0.4 is 5.84 Å². The van der Waals surface area contributed by atoms with Gasteiger partial charge in [-0.3, -0.25) is 9.79 Å². The van der Waals surface area contributed by atoms with Crippen molar-refractivity contribution in [3.05, 3.63) is 95.1 Å². The number of quaternary nitrogens is 1. The van der Waals surface area contributed by atoms with Crippen molar-refractivity contribution in [3.63, 3.8) is 0 Å². The molecule has 2 heterocycles. The molecule has 0 amide bonds. The Morgan fingerprint density at radius 3 is 2.41 bits per heavy atom. The number of hydrogen-bond donors (Lipinski definition) is 2. The van der Waals surface area contributed by atoms with Crippen LogP contribution in [0.15, 0.2) is 88.4 Å². The van der Waals surface area contributed by atoms with Crippen LogP contribution in [-0.4, -0.2) is 33.6 Å². The van der Waals surface area contributed by atoms with Crippen LogP contribution in [-0.2, 0) is 0 Å².